The fourth-order valence-corrected chi connectivity index (χ4v) is 1.88. The minimum absolute atomic E-state index is 0.282. The largest absolute Gasteiger partial charge is 0.496 e. The van der Waals surface area contributed by atoms with Crippen LogP contribution in [0.1, 0.15) is 18.5 Å². The van der Waals surface area contributed by atoms with Gasteiger partial charge in [-0.3, -0.25) is 5.32 Å². The Morgan fingerprint density at radius 3 is 2.65 bits per heavy atom. The second-order valence-corrected chi connectivity index (χ2v) is 4.68. The molecule has 0 aliphatic heterocycles. The van der Waals surface area contributed by atoms with E-state index in [9.17, 15) is 4.79 Å². The molecule has 0 bridgehead atoms. The molecule has 0 aromatic heterocycles. The maximum atomic E-state index is 12.1. The summed E-state index contributed by atoms with van der Waals surface area (Å²) in [5.41, 5.74) is 0.798. The number of hydrogen-bond acceptors (Lipinski definition) is 5. The summed E-state index contributed by atoms with van der Waals surface area (Å²) in [7, 11) is 5.58. The molecule has 1 N–H and O–H groups in total. The summed E-state index contributed by atoms with van der Waals surface area (Å²) in [4.78, 5) is 14.2. The zero-order valence-corrected chi connectivity index (χ0v) is 12.7. The van der Waals surface area contributed by atoms with Crippen molar-refractivity contribution in [2.45, 2.75) is 13.0 Å². The van der Waals surface area contributed by atoms with Crippen molar-refractivity contribution >= 4 is 5.97 Å². The summed E-state index contributed by atoms with van der Waals surface area (Å²) in [5.74, 6) is 0.402. The fourth-order valence-electron chi connectivity index (χ4n) is 1.88. The molecule has 0 aliphatic rings. The molecule has 0 saturated carbocycles. The smallest absolute Gasteiger partial charge is 0.327 e. The van der Waals surface area contributed by atoms with Gasteiger partial charge in [0.2, 0.25) is 0 Å². The number of carbonyl (C=O) groups excluding carboxylic acids is 1. The van der Waals surface area contributed by atoms with Crippen LogP contribution in [0.15, 0.2) is 24.3 Å². The summed E-state index contributed by atoms with van der Waals surface area (Å²) < 4.78 is 10.5. The molecule has 1 aromatic carbocycles. The number of benzene rings is 1. The highest BCUT2D eigenvalue weighted by molar-refractivity contribution is 5.78. The first kappa shape index (κ1) is 16.5. The van der Waals surface area contributed by atoms with Gasteiger partial charge in [-0.25, -0.2) is 4.79 Å². The number of para-hydroxylation sites is 1. The summed E-state index contributed by atoms with van der Waals surface area (Å²) in [6.07, 6.45) is 0. The molecule has 1 unspecified atom stereocenters. The standard InChI is InChI=1S/C15H24N2O3/c1-5-20-15(18)14(16-10-11-17(2)3)12-8-6-7-9-13(12)19-4/h6-9,14,16H,5,10-11H2,1-4H3. The highest BCUT2D eigenvalue weighted by Gasteiger charge is 2.24. The topological polar surface area (TPSA) is 50.8 Å². The highest BCUT2D eigenvalue weighted by Crippen LogP contribution is 2.25. The Balaban J connectivity index is 2.88. The van der Waals surface area contributed by atoms with Gasteiger partial charge in [0, 0.05) is 18.7 Å². The van der Waals surface area contributed by atoms with Crippen molar-refractivity contribution in [1.82, 2.24) is 10.2 Å². The molecule has 1 rings (SSSR count). The van der Waals surface area contributed by atoms with E-state index in [0.717, 1.165) is 12.1 Å². The summed E-state index contributed by atoms with van der Waals surface area (Å²) in [5, 5.41) is 3.23. The van der Waals surface area contributed by atoms with Crippen molar-refractivity contribution in [2.24, 2.45) is 0 Å². The molecule has 1 atom stereocenters. The maximum absolute atomic E-state index is 12.1. The van der Waals surface area contributed by atoms with Gasteiger partial charge >= 0.3 is 5.97 Å². The first-order valence-electron chi connectivity index (χ1n) is 6.77. The Bertz CT molecular complexity index is 421. The number of ether oxygens (including phenoxy) is 2. The Kier molecular flexibility index (Phi) is 7.04. The van der Waals surface area contributed by atoms with E-state index in [2.05, 4.69) is 10.2 Å². The van der Waals surface area contributed by atoms with E-state index >= 15 is 0 Å². The van der Waals surface area contributed by atoms with E-state index < -0.39 is 6.04 Å². The molecule has 0 spiro atoms. The van der Waals surface area contributed by atoms with Crippen LogP contribution in [0, 0.1) is 0 Å². The lowest BCUT2D eigenvalue weighted by Gasteiger charge is -2.20. The van der Waals surface area contributed by atoms with Crippen LogP contribution >= 0.6 is 0 Å². The third-order valence-electron chi connectivity index (χ3n) is 2.88. The van der Waals surface area contributed by atoms with Gasteiger partial charge in [0.25, 0.3) is 0 Å². The average molecular weight is 280 g/mol. The van der Waals surface area contributed by atoms with Gasteiger partial charge < -0.3 is 14.4 Å². The average Bonchev–Trinajstić information content (AvgIpc) is 2.43. The normalized spacial score (nSPS) is 12.2. The van der Waals surface area contributed by atoms with Crippen LogP contribution in [-0.2, 0) is 9.53 Å². The SMILES string of the molecule is CCOC(=O)C(NCCN(C)C)c1ccccc1OC. The third-order valence-corrected chi connectivity index (χ3v) is 2.88. The van der Waals surface area contributed by atoms with Crippen LogP contribution in [0.3, 0.4) is 0 Å². The van der Waals surface area contributed by atoms with Crippen LogP contribution in [0.2, 0.25) is 0 Å². The van der Waals surface area contributed by atoms with Crippen LogP contribution in [-0.4, -0.2) is 51.8 Å². The molecule has 5 heteroatoms. The molecular weight excluding hydrogens is 256 g/mol. The first-order chi connectivity index (χ1) is 9.60. The number of esters is 1. The van der Waals surface area contributed by atoms with Crippen LogP contribution in [0.5, 0.6) is 5.75 Å². The predicted molar refractivity (Wildman–Crippen MR) is 78.9 cm³/mol. The Morgan fingerprint density at radius 1 is 1.35 bits per heavy atom. The summed E-state index contributed by atoms with van der Waals surface area (Å²) >= 11 is 0. The van der Waals surface area contributed by atoms with E-state index in [1.165, 1.54) is 0 Å². The van der Waals surface area contributed by atoms with E-state index in [4.69, 9.17) is 9.47 Å². The predicted octanol–water partition coefficient (Wildman–Crippen LogP) is 1.45. The Labute approximate surface area is 120 Å². The molecule has 0 aliphatic carbocycles. The summed E-state index contributed by atoms with van der Waals surface area (Å²) in [6.45, 7) is 3.69. The van der Waals surface area contributed by atoms with Crippen molar-refractivity contribution in [3.8, 4) is 5.75 Å². The molecule has 0 heterocycles. The number of hydrogen-bond donors (Lipinski definition) is 1. The first-order valence-corrected chi connectivity index (χ1v) is 6.77. The number of rotatable bonds is 8. The highest BCUT2D eigenvalue weighted by atomic mass is 16.5. The number of carbonyl (C=O) groups is 1. The monoisotopic (exact) mass is 280 g/mol. The lowest BCUT2D eigenvalue weighted by molar-refractivity contribution is -0.145. The molecule has 0 fully saturated rings. The van der Waals surface area contributed by atoms with E-state index in [-0.39, 0.29) is 5.97 Å². The van der Waals surface area contributed by atoms with E-state index in [1.807, 2.05) is 38.4 Å². The lowest BCUT2D eigenvalue weighted by Crippen LogP contribution is -2.35. The van der Waals surface area contributed by atoms with Crippen molar-refractivity contribution in [1.29, 1.82) is 0 Å². The quantitative estimate of drug-likeness (QED) is 0.730. The summed E-state index contributed by atoms with van der Waals surface area (Å²) in [6, 6.07) is 6.98. The van der Waals surface area contributed by atoms with Gasteiger partial charge in [-0.2, -0.15) is 0 Å². The Hall–Kier alpha value is -1.59. The second kappa shape index (κ2) is 8.55. The minimum atomic E-state index is -0.508. The van der Waals surface area contributed by atoms with Crippen LogP contribution < -0.4 is 10.1 Å². The number of likely N-dealkylation sites (N-methyl/N-ethyl adjacent to an activating group) is 1. The molecule has 0 radical (unpaired) electrons. The van der Waals surface area contributed by atoms with Gasteiger partial charge in [0.1, 0.15) is 11.8 Å². The third kappa shape index (κ3) is 4.83. The molecule has 1 aromatic rings. The van der Waals surface area contributed by atoms with Gasteiger partial charge in [-0.05, 0) is 27.1 Å². The molecule has 112 valence electrons. The zero-order valence-electron chi connectivity index (χ0n) is 12.7. The van der Waals surface area contributed by atoms with Crippen molar-refractivity contribution in [3.05, 3.63) is 29.8 Å². The molecule has 5 nitrogen and oxygen atoms in total. The molecule has 0 saturated heterocycles. The van der Waals surface area contributed by atoms with E-state index in [1.54, 1.807) is 14.0 Å². The molecular formula is C15H24N2O3. The molecule has 0 amide bonds. The van der Waals surface area contributed by atoms with Crippen molar-refractivity contribution in [3.63, 3.8) is 0 Å². The van der Waals surface area contributed by atoms with Gasteiger partial charge in [-0.1, -0.05) is 18.2 Å². The zero-order chi connectivity index (χ0) is 15.0. The van der Waals surface area contributed by atoms with E-state index in [0.29, 0.717) is 18.9 Å². The van der Waals surface area contributed by atoms with Crippen molar-refractivity contribution < 1.29 is 14.3 Å². The number of nitrogens with zero attached hydrogens (tertiary/aromatic N) is 1. The van der Waals surface area contributed by atoms with Gasteiger partial charge in [-0.15, -0.1) is 0 Å². The lowest BCUT2D eigenvalue weighted by atomic mass is 10.1. The maximum Gasteiger partial charge on any atom is 0.327 e. The van der Waals surface area contributed by atoms with Crippen LogP contribution in [0.25, 0.3) is 0 Å². The fraction of sp³-hybridized carbons (Fsp3) is 0.533. The van der Waals surface area contributed by atoms with Crippen LogP contribution in [0.4, 0.5) is 0 Å². The van der Waals surface area contributed by atoms with Gasteiger partial charge in [0.05, 0.1) is 13.7 Å². The number of methoxy groups -OCH3 is 1. The Morgan fingerprint density at radius 2 is 2.05 bits per heavy atom. The minimum Gasteiger partial charge on any atom is -0.496 e. The van der Waals surface area contributed by atoms with Gasteiger partial charge in [0.15, 0.2) is 0 Å². The molecule has 20 heavy (non-hydrogen) atoms. The second-order valence-electron chi connectivity index (χ2n) is 4.68. The number of nitrogens with one attached hydrogen (secondary N) is 1. The van der Waals surface area contributed by atoms with Crippen molar-refractivity contribution in [2.75, 3.05) is 40.9 Å².